The molecule has 1 aromatic rings. The molecule has 0 heterocycles. The summed E-state index contributed by atoms with van der Waals surface area (Å²) in [5, 5.41) is 13.9. The van der Waals surface area contributed by atoms with Crippen LogP contribution in [0.2, 0.25) is 5.02 Å². The highest BCUT2D eigenvalue weighted by atomic mass is 35.5. The summed E-state index contributed by atoms with van der Waals surface area (Å²) in [7, 11) is -0.835. The van der Waals surface area contributed by atoms with E-state index in [1.165, 1.54) is 26.2 Å². The van der Waals surface area contributed by atoms with Crippen LogP contribution in [0, 0.1) is 17.3 Å². The van der Waals surface area contributed by atoms with Crippen molar-refractivity contribution in [3.05, 3.63) is 23.2 Å². The minimum absolute atomic E-state index is 0.0314. The van der Waals surface area contributed by atoms with Crippen LogP contribution in [-0.4, -0.2) is 43.4 Å². The Morgan fingerprint density at radius 2 is 1.85 bits per heavy atom. The van der Waals surface area contributed by atoms with Gasteiger partial charge in [0.15, 0.2) is 0 Å². The van der Waals surface area contributed by atoms with Crippen molar-refractivity contribution in [3.8, 4) is 0 Å². The number of halogens is 1. The molecule has 1 amide bonds. The van der Waals surface area contributed by atoms with Gasteiger partial charge >= 0.3 is 0 Å². The van der Waals surface area contributed by atoms with Gasteiger partial charge in [0, 0.05) is 19.8 Å². The second-order valence-electron chi connectivity index (χ2n) is 8.85. The Morgan fingerprint density at radius 1 is 1.22 bits per heavy atom. The number of nitrogens with zero attached hydrogens (tertiary/aromatic N) is 1. The van der Waals surface area contributed by atoms with Crippen LogP contribution in [0.15, 0.2) is 23.1 Å². The lowest BCUT2D eigenvalue weighted by molar-refractivity contribution is -0.174. The largest absolute Gasteiger partial charge is 0.390 e. The number of aliphatic hydroxyl groups is 1. The van der Waals surface area contributed by atoms with Crippen LogP contribution in [0.3, 0.4) is 0 Å². The standard InChI is InChI=1S/C19H25ClN2O4S/c1-22(2)27(25,26)16-6-14(3-4-15(16)20)21-17(23)18-7-12-5-13(8-18)10-19(24,9-12)11-18/h3-4,6,12-13,24H,5,7-11H2,1-2H3,(H,21,23)/t12-,13-,18?,19?/m1/s1. The van der Waals surface area contributed by atoms with E-state index in [0.29, 0.717) is 23.9 Å². The molecule has 6 nitrogen and oxygen atoms in total. The second kappa shape index (κ2) is 6.17. The number of anilines is 1. The number of amides is 1. The summed E-state index contributed by atoms with van der Waals surface area (Å²) in [4.78, 5) is 13.1. The predicted octanol–water partition coefficient (Wildman–Crippen LogP) is 2.86. The molecule has 5 rings (SSSR count). The fraction of sp³-hybridized carbons (Fsp3) is 0.632. The molecule has 4 aliphatic carbocycles. The number of carbonyl (C=O) groups excluding carboxylic acids is 1. The Hall–Kier alpha value is -1.15. The molecule has 2 N–H and O–H groups in total. The minimum Gasteiger partial charge on any atom is -0.390 e. The molecule has 0 saturated heterocycles. The van der Waals surface area contributed by atoms with Crippen molar-refractivity contribution in [2.24, 2.45) is 17.3 Å². The third kappa shape index (κ3) is 3.18. The number of sulfonamides is 1. The zero-order valence-electron chi connectivity index (χ0n) is 15.5. The lowest BCUT2D eigenvalue weighted by Gasteiger charge is -2.59. The summed E-state index contributed by atoms with van der Waals surface area (Å²) in [6, 6.07) is 4.51. The first-order valence-corrected chi connectivity index (χ1v) is 11.1. The summed E-state index contributed by atoms with van der Waals surface area (Å²) < 4.78 is 26.0. The highest BCUT2D eigenvalue weighted by molar-refractivity contribution is 7.89. The molecule has 0 aromatic heterocycles. The van der Waals surface area contributed by atoms with Crippen LogP contribution < -0.4 is 5.32 Å². The SMILES string of the molecule is CN(C)S(=O)(=O)c1cc(NC(=O)C23C[C@H]4C[C@@H](CC(O)(C4)C2)C3)ccc1Cl. The third-order valence-electron chi connectivity index (χ3n) is 6.46. The van der Waals surface area contributed by atoms with Crippen molar-refractivity contribution in [2.45, 2.75) is 49.0 Å². The molecule has 4 fully saturated rings. The number of benzene rings is 1. The second-order valence-corrected chi connectivity index (χ2v) is 11.4. The predicted molar refractivity (Wildman–Crippen MR) is 103 cm³/mol. The van der Waals surface area contributed by atoms with E-state index in [9.17, 15) is 18.3 Å². The quantitative estimate of drug-likeness (QED) is 0.796. The molecule has 8 heteroatoms. The molecular weight excluding hydrogens is 388 g/mol. The molecule has 2 atom stereocenters. The van der Waals surface area contributed by atoms with Gasteiger partial charge in [0.25, 0.3) is 0 Å². The van der Waals surface area contributed by atoms with Gasteiger partial charge in [-0.2, -0.15) is 0 Å². The van der Waals surface area contributed by atoms with Gasteiger partial charge in [0.05, 0.1) is 16.0 Å². The lowest BCUT2D eigenvalue weighted by Crippen LogP contribution is -2.59. The highest BCUT2D eigenvalue weighted by Crippen LogP contribution is 2.61. The van der Waals surface area contributed by atoms with Crippen LogP contribution >= 0.6 is 11.6 Å². The number of carbonyl (C=O) groups is 1. The van der Waals surface area contributed by atoms with E-state index in [-0.39, 0.29) is 15.8 Å². The van der Waals surface area contributed by atoms with Crippen LogP contribution in [-0.2, 0) is 14.8 Å². The molecule has 0 aliphatic heterocycles. The molecule has 27 heavy (non-hydrogen) atoms. The van der Waals surface area contributed by atoms with Crippen LogP contribution in [0.4, 0.5) is 5.69 Å². The van der Waals surface area contributed by atoms with E-state index in [4.69, 9.17) is 11.6 Å². The van der Waals surface area contributed by atoms with Gasteiger partial charge < -0.3 is 10.4 Å². The molecule has 0 unspecified atom stereocenters. The van der Waals surface area contributed by atoms with Gasteiger partial charge in [-0.25, -0.2) is 12.7 Å². The average Bonchev–Trinajstić information content (AvgIpc) is 2.54. The van der Waals surface area contributed by atoms with Crippen molar-refractivity contribution in [2.75, 3.05) is 19.4 Å². The lowest BCUT2D eigenvalue weighted by atomic mass is 9.47. The summed E-state index contributed by atoms with van der Waals surface area (Å²) in [6.07, 6.45) is 4.79. The van der Waals surface area contributed by atoms with Gasteiger partial charge in [0.1, 0.15) is 4.90 Å². The van der Waals surface area contributed by atoms with Gasteiger partial charge in [0.2, 0.25) is 15.9 Å². The fourth-order valence-corrected chi connectivity index (χ4v) is 7.11. The van der Waals surface area contributed by atoms with Crippen molar-refractivity contribution in [1.29, 1.82) is 0 Å². The van der Waals surface area contributed by atoms with E-state index < -0.39 is 21.0 Å². The first kappa shape index (κ1) is 19.2. The number of nitrogens with one attached hydrogen (secondary N) is 1. The minimum atomic E-state index is -3.71. The summed E-state index contributed by atoms with van der Waals surface area (Å²) >= 11 is 6.08. The number of rotatable bonds is 4. The third-order valence-corrected chi connectivity index (χ3v) is 8.76. The molecule has 4 bridgehead atoms. The van der Waals surface area contributed by atoms with E-state index in [1.807, 2.05) is 0 Å². The molecule has 148 valence electrons. The fourth-order valence-electron chi connectivity index (χ4n) is 5.72. The number of hydrogen-bond donors (Lipinski definition) is 2. The highest BCUT2D eigenvalue weighted by Gasteiger charge is 2.60. The Kier molecular flexibility index (Phi) is 4.39. The summed E-state index contributed by atoms with van der Waals surface area (Å²) in [5.74, 6) is 0.680. The van der Waals surface area contributed by atoms with Crippen molar-refractivity contribution >= 4 is 33.2 Å². The monoisotopic (exact) mass is 412 g/mol. The first-order chi connectivity index (χ1) is 12.5. The Balaban J connectivity index is 1.61. The van der Waals surface area contributed by atoms with Gasteiger partial charge in [-0.3, -0.25) is 4.79 Å². The van der Waals surface area contributed by atoms with Crippen LogP contribution in [0.25, 0.3) is 0 Å². The Bertz CT molecular complexity index is 885. The average molecular weight is 413 g/mol. The maximum absolute atomic E-state index is 13.2. The number of hydrogen-bond acceptors (Lipinski definition) is 4. The first-order valence-electron chi connectivity index (χ1n) is 9.29. The van der Waals surface area contributed by atoms with E-state index in [1.54, 1.807) is 6.07 Å². The molecular formula is C19H25ClN2O4S. The molecule has 1 aromatic carbocycles. The zero-order chi connectivity index (χ0) is 19.6. The van der Waals surface area contributed by atoms with Gasteiger partial charge in [-0.15, -0.1) is 0 Å². The maximum atomic E-state index is 13.2. The normalized spacial score (nSPS) is 34.9. The van der Waals surface area contributed by atoms with E-state index in [0.717, 1.165) is 36.4 Å². The van der Waals surface area contributed by atoms with E-state index >= 15 is 0 Å². The summed E-state index contributed by atoms with van der Waals surface area (Å²) in [5.41, 5.74) is -0.868. The maximum Gasteiger partial charge on any atom is 0.244 e. The topological polar surface area (TPSA) is 86.7 Å². The van der Waals surface area contributed by atoms with Crippen molar-refractivity contribution in [3.63, 3.8) is 0 Å². The van der Waals surface area contributed by atoms with Crippen molar-refractivity contribution in [1.82, 2.24) is 4.31 Å². The summed E-state index contributed by atoms with van der Waals surface area (Å²) in [6.45, 7) is 0. The molecule has 4 saturated carbocycles. The van der Waals surface area contributed by atoms with Crippen molar-refractivity contribution < 1.29 is 18.3 Å². The van der Waals surface area contributed by atoms with Crippen LogP contribution in [0.1, 0.15) is 38.5 Å². The van der Waals surface area contributed by atoms with Gasteiger partial charge in [-0.05, 0) is 68.6 Å². The molecule has 0 radical (unpaired) electrons. The van der Waals surface area contributed by atoms with E-state index in [2.05, 4.69) is 5.32 Å². The van der Waals surface area contributed by atoms with Crippen LogP contribution in [0.5, 0.6) is 0 Å². The molecule has 4 aliphatic rings. The Morgan fingerprint density at radius 3 is 2.41 bits per heavy atom. The molecule has 0 spiro atoms. The zero-order valence-corrected chi connectivity index (χ0v) is 17.1. The Labute approximate surface area is 164 Å². The smallest absolute Gasteiger partial charge is 0.244 e. The van der Waals surface area contributed by atoms with Gasteiger partial charge in [-0.1, -0.05) is 11.6 Å².